The lowest BCUT2D eigenvalue weighted by molar-refractivity contribution is -0.900. The van der Waals surface area contributed by atoms with E-state index in [0.29, 0.717) is 6.61 Å². The van der Waals surface area contributed by atoms with Crippen molar-refractivity contribution in [2.45, 2.75) is 32.8 Å². The van der Waals surface area contributed by atoms with Crippen LogP contribution in [0.5, 0.6) is 0 Å². The van der Waals surface area contributed by atoms with E-state index in [9.17, 15) is 5.26 Å². The van der Waals surface area contributed by atoms with Crippen molar-refractivity contribution in [3.05, 3.63) is 35.4 Å². The van der Waals surface area contributed by atoms with Crippen molar-refractivity contribution in [3.63, 3.8) is 0 Å². The molecule has 0 radical (unpaired) electrons. The molecule has 1 aromatic rings. The molecule has 1 N–H and O–H groups in total. The van der Waals surface area contributed by atoms with Crippen LogP contribution in [0.25, 0.3) is 0 Å². The second-order valence-corrected chi connectivity index (χ2v) is 5.67. The number of nitrogens with one attached hydrogen (secondary N) is 1. The molecule has 0 fully saturated rings. The molecule has 0 spiro atoms. The maximum absolute atomic E-state index is 9.83. The molecule has 2 rings (SSSR count). The van der Waals surface area contributed by atoms with Crippen LogP contribution in [-0.4, -0.2) is 26.2 Å². The van der Waals surface area contributed by atoms with Crippen molar-refractivity contribution in [2.24, 2.45) is 5.92 Å². The van der Waals surface area contributed by atoms with E-state index in [0.717, 1.165) is 31.6 Å². The molecule has 3 nitrogen and oxygen atoms in total. The standard InChI is InChI=1S/C17H24N2O/c1-4-19(5-2)12-14(3)17(13-18)16-9-7-6-8-15(16)10-11-20-17/h6-9,14H,4-5,10-12H2,1-3H3/p+1/t14-,17+/m1/s1. The summed E-state index contributed by atoms with van der Waals surface area (Å²) < 4.78 is 6.02. The van der Waals surface area contributed by atoms with Crippen molar-refractivity contribution in [3.8, 4) is 6.07 Å². The smallest absolute Gasteiger partial charge is 0.187 e. The lowest BCUT2D eigenvalue weighted by Crippen LogP contribution is -3.12. The monoisotopic (exact) mass is 273 g/mol. The molecule has 0 saturated carbocycles. The maximum Gasteiger partial charge on any atom is 0.187 e. The van der Waals surface area contributed by atoms with Gasteiger partial charge < -0.3 is 9.64 Å². The summed E-state index contributed by atoms with van der Waals surface area (Å²) in [5, 5.41) is 9.83. The van der Waals surface area contributed by atoms with Crippen LogP contribution in [0.1, 0.15) is 31.9 Å². The Morgan fingerprint density at radius 2 is 2.05 bits per heavy atom. The molecular formula is C17H25N2O+. The number of nitrogens with zero attached hydrogens (tertiary/aromatic N) is 1. The molecule has 0 saturated heterocycles. The summed E-state index contributed by atoms with van der Waals surface area (Å²) in [5.41, 5.74) is 1.57. The summed E-state index contributed by atoms with van der Waals surface area (Å²) in [7, 11) is 0. The van der Waals surface area contributed by atoms with Gasteiger partial charge in [-0.15, -0.1) is 0 Å². The molecule has 3 heteroatoms. The molecule has 0 unspecified atom stereocenters. The maximum atomic E-state index is 9.83. The molecular weight excluding hydrogens is 248 g/mol. The summed E-state index contributed by atoms with van der Waals surface area (Å²) in [6.07, 6.45) is 0.907. The highest BCUT2D eigenvalue weighted by Crippen LogP contribution is 2.38. The van der Waals surface area contributed by atoms with E-state index in [1.54, 1.807) is 0 Å². The van der Waals surface area contributed by atoms with Crippen LogP contribution in [-0.2, 0) is 16.8 Å². The molecule has 0 aliphatic carbocycles. The first-order valence-corrected chi connectivity index (χ1v) is 7.65. The zero-order valence-corrected chi connectivity index (χ0v) is 12.8. The minimum absolute atomic E-state index is 0.184. The van der Waals surface area contributed by atoms with E-state index in [1.165, 1.54) is 10.5 Å². The minimum atomic E-state index is -0.773. The molecule has 0 aromatic heterocycles. The van der Waals surface area contributed by atoms with Crippen LogP contribution in [0.15, 0.2) is 24.3 Å². The predicted octanol–water partition coefficient (Wildman–Crippen LogP) is 1.54. The highest BCUT2D eigenvalue weighted by molar-refractivity contribution is 5.39. The molecule has 2 atom stereocenters. The average molecular weight is 273 g/mol. The third kappa shape index (κ3) is 2.59. The molecule has 1 aliphatic rings. The van der Waals surface area contributed by atoms with Gasteiger partial charge in [0.2, 0.25) is 0 Å². The normalized spacial score (nSPS) is 23.1. The van der Waals surface area contributed by atoms with Gasteiger partial charge >= 0.3 is 0 Å². The molecule has 1 heterocycles. The predicted molar refractivity (Wildman–Crippen MR) is 79.5 cm³/mol. The van der Waals surface area contributed by atoms with Crippen LogP contribution in [0.4, 0.5) is 0 Å². The highest BCUT2D eigenvalue weighted by atomic mass is 16.5. The Kier molecular flexibility index (Phi) is 4.80. The average Bonchev–Trinajstić information content (AvgIpc) is 2.51. The SMILES string of the molecule is CC[NH+](CC)C[C@@H](C)[C@]1(C#N)OCCc2ccccc21. The van der Waals surface area contributed by atoms with Crippen LogP contribution in [0, 0.1) is 17.2 Å². The number of benzene rings is 1. The highest BCUT2D eigenvalue weighted by Gasteiger charge is 2.44. The van der Waals surface area contributed by atoms with Gasteiger partial charge in [0, 0.05) is 5.56 Å². The van der Waals surface area contributed by atoms with Gasteiger partial charge in [-0.25, -0.2) is 0 Å². The van der Waals surface area contributed by atoms with Gasteiger partial charge in [-0.3, -0.25) is 0 Å². The van der Waals surface area contributed by atoms with Gasteiger partial charge in [-0.05, 0) is 25.8 Å². The van der Waals surface area contributed by atoms with Gasteiger partial charge in [0.25, 0.3) is 0 Å². The van der Waals surface area contributed by atoms with Crippen molar-refractivity contribution < 1.29 is 9.64 Å². The summed E-state index contributed by atoms with van der Waals surface area (Å²) in [5.74, 6) is 0.184. The number of nitriles is 1. The quantitative estimate of drug-likeness (QED) is 0.883. The lowest BCUT2D eigenvalue weighted by atomic mass is 9.78. The third-order valence-electron chi connectivity index (χ3n) is 4.57. The summed E-state index contributed by atoms with van der Waals surface area (Å²) in [6, 6.07) is 10.7. The number of hydrogen-bond acceptors (Lipinski definition) is 2. The minimum Gasteiger partial charge on any atom is -0.355 e. The first-order valence-electron chi connectivity index (χ1n) is 7.65. The second-order valence-electron chi connectivity index (χ2n) is 5.67. The Labute approximate surface area is 122 Å². The zero-order valence-electron chi connectivity index (χ0n) is 12.8. The number of rotatable bonds is 5. The topological polar surface area (TPSA) is 37.5 Å². The molecule has 0 bridgehead atoms. The fourth-order valence-corrected chi connectivity index (χ4v) is 3.23. The second kappa shape index (κ2) is 6.39. The van der Waals surface area contributed by atoms with Gasteiger partial charge in [-0.1, -0.05) is 31.2 Å². The fourth-order valence-electron chi connectivity index (χ4n) is 3.23. The van der Waals surface area contributed by atoms with Crippen molar-refractivity contribution in [1.29, 1.82) is 5.26 Å². The van der Waals surface area contributed by atoms with Crippen LogP contribution >= 0.6 is 0 Å². The Bertz CT molecular complexity index is 490. The molecule has 20 heavy (non-hydrogen) atoms. The van der Waals surface area contributed by atoms with Gasteiger partial charge in [0.05, 0.1) is 32.2 Å². The van der Waals surface area contributed by atoms with Gasteiger partial charge in [0.15, 0.2) is 5.60 Å². The first kappa shape index (κ1) is 15.0. The van der Waals surface area contributed by atoms with E-state index in [1.807, 2.05) is 12.1 Å². The molecule has 108 valence electrons. The van der Waals surface area contributed by atoms with Gasteiger partial charge in [0.1, 0.15) is 6.07 Å². The summed E-state index contributed by atoms with van der Waals surface area (Å²) >= 11 is 0. The summed E-state index contributed by atoms with van der Waals surface area (Å²) in [6.45, 7) is 10.3. The third-order valence-corrected chi connectivity index (χ3v) is 4.57. The molecule has 1 aliphatic heterocycles. The zero-order chi connectivity index (χ0) is 14.6. The van der Waals surface area contributed by atoms with Crippen LogP contribution in [0.3, 0.4) is 0 Å². The van der Waals surface area contributed by atoms with Crippen molar-refractivity contribution in [1.82, 2.24) is 0 Å². The van der Waals surface area contributed by atoms with Crippen LogP contribution in [0.2, 0.25) is 0 Å². The van der Waals surface area contributed by atoms with Crippen LogP contribution < -0.4 is 4.90 Å². The van der Waals surface area contributed by atoms with E-state index < -0.39 is 5.60 Å². The van der Waals surface area contributed by atoms with Crippen molar-refractivity contribution in [2.75, 3.05) is 26.2 Å². The molecule has 0 amide bonds. The number of fused-ring (bicyclic) bond motifs is 1. The van der Waals surface area contributed by atoms with Crippen molar-refractivity contribution >= 4 is 0 Å². The van der Waals surface area contributed by atoms with Gasteiger partial charge in [-0.2, -0.15) is 5.26 Å². The Balaban J connectivity index is 2.33. The number of hydrogen-bond donors (Lipinski definition) is 1. The largest absolute Gasteiger partial charge is 0.355 e. The van der Waals surface area contributed by atoms with E-state index in [2.05, 4.69) is 39.0 Å². The number of ether oxygens (including phenoxy) is 1. The molecule has 1 aromatic carbocycles. The fraction of sp³-hybridized carbons (Fsp3) is 0.588. The lowest BCUT2D eigenvalue weighted by Gasteiger charge is -2.38. The van der Waals surface area contributed by atoms with E-state index in [-0.39, 0.29) is 5.92 Å². The Morgan fingerprint density at radius 3 is 2.70 bits per heavy atom. The van der Waals surface area contributed by atoms with E-state index in [4.69, 9.17) is 4.74 Å². The Morgan fingerprint density at radius 1 is 1.35 bits per heavy atom. The first-order chi connectivity index (χ1) is 9.67. The number of quaternary nitrogens is 1. The Hall–Kier alpha value is -1.37. The summed E-state index contributed by atoms with van der Waals surface area (Å²) in [4.78, 5) is 1.51. The van der Waals surface area contributed by atoms with E-state index >= 15 is 0 Å².